The summed E-state index contributed by atoms with van der Waals surface area (Å²) in [7, 11) is 1.43. The molecule has 0 aromatic heterocycles. The molecular weight excluding hydrogens is 318 g/mol. The first-order valence-electron chi connectivity index (χ1n) is 8.82. The number of aliphatic hydroxyl groups excluding tert-OH is 1. The number of benzene rings is 1. The molecule has 1 saturated heterocycles. The van der Waals surface area contributed by atoms with Crippen molar-refractivity contribution in [1.29, 1.82) is 0 Å². The Morgan fingerprint density at radius 1 is 1.48 bits per heavy atom. The number of ether oxygens (including phenoxy) is 1. The number of carbonyl (C=O) groups is 1. The molecular formula is C19H29N3O3. The summed E-state index contributed by atoms with van der Waals surface area (Å²) in [4.78, 5) is 18.5. The quantitative estimate of drug-likeness (QED) is 0.482. The van der Waals surface area contributed by atoms with Crippen molar-refractivity contribution < 1.29 is 14.6 Å². The Morgan fingerprint density at radius 2 is 2.24 bits per heavy atom. The molecule has 0 saturated carbocycles. The summed E-state index contributed by atoms with van der Waals surface area (Å²) >= 11 is 0. The van der Waals surface area contributed by atoms with Crippen molar-refractivity contribution in [3.8, 4) is 0 Å². The maximum atomic E-state index is 11.9. The van der Waals surface area contributed by atoms with E-state index in [4.69, 9.17) is 4.74 Å². The first-order chi connectivity index (χ1) is 12.0. The number of aliphatic imine (C=N–C) groups is 1. The highest BCUT2D eigenvalue weighted by Gasteiger charge is 2.36. The van der Waals surface area contributed by atoms with Crippen molar-refractivity contribution in [2.75, 3.05) is 33.3 Å². The first kappa shape index (κ1) is 19.2. The smallest absolute Gasteiger partial charge is 0.310 e. The van der Waals surface area contributed by atoms with E-state index >= 15 is 0 Å². The molecule has 6 heteroatoms. The fraction of sp³-hybridized carbons (Fsp3) is 0.579. The third-order valence-corrected chi connectivity index (χ3v) is 4.59. The summed E-state index contributed by atoms with van der Waals surface area (Å²) in [6.45, 7) is 8.39. The summed E-state index contributed by atoms with van der Waals surface area (Å²) in [5.74, 6) is 0.617. The molecule has 1 heterocycles. The Hall–Kier alpha value is -2.08. The van der Waals surface area contributed by atoms with Gasteiger partial charge in [0.25, 0.3) is 0 Å². The van der Waals surface area contributed by atoms with Gasteiger partial charge < -0.3 is 20.1 Å². The zero-order valence-electron chi connectivity index (χ0n) is 15.5. The van der Waals surface area contributed by atoms with E-state index in [-0.39, 0.29) is 24.3 Å². The number of nitrogens with one attached hydrogen (secondary N) is 1. The van der Waals surface area contributed by atoms with E-state index in [0.717, 1.165) is 30.2 Å². The number of hydrogen-bond acceptors (Lipinski definition) is 4. The highest BCUT2D eigenvalue weighted by Crippen LogP contribution is 2.24. The van der Waals surface area contributed by atoms with Crippen molar-refractivity contribution in [2.45, 2.75) is 26.9 Å². The number of esters is 1. The predicted molar refractivity (Wildman–Crippen MR) is 98.4 cm³/mol. The van der Waals surface area contributed by atoms with Crippen molar-refractivity contribution in [3.63, 3.8) is 0 Å². The van der Waals surface area contributed by atoms with Crippen LogP contribution in [0.5, 0.6) is 0 Å². The molecule has 1 aliphatic rings. The van der Waals surface area contributed by atoms with Gasteiger partial charge in [-0.25, -0.2) is 0 Å². The summed E-state index contributed by atoms with van der Waals surface area (Å²) < 4.78 is 4.89. The monoisotopic (exact) mass is 347 g/mol. The lowest BCUT2D eigenvalue weighted by atomic mass is 9.99. The van der Waals surface area contributed by atoms with Crippen LogP contribution in [-0.2, 0) is 9.53 Å². The Labute approximate surface area is 149 Å². The lowest BCUT2D eigenvalue weighted by molar-refractivity contribution is -0.145. The van der Waals surface area contributed by atoms with Gasteiger partial charge in [-0.1, -0.05) is 36.8 Å². The molecule has 0 bridgehead atoms. The molecule has 3 atom stereocenters. The van der Waals surface area contributed by atoms with Crippen LogP contribution in [0.3, 0.4) is 0 Å². The number of rotatable bonds is 5. The van der Waals surface area contributed by atoms with E-state index in [0.29, 0.717) is 6.54 Å². The molecule has 3 unspecified atom stereocenters. The van der Waals surface area contributed by atoms with Crippen LogP contribution in [0.15, 0.2) is 29.3 Å². The zero-order chi connectivity index (χ0) is 18.4. The third kappa shape index (κ3) is 4.95. The summed E-state index contributed by atoms with van der Waals surface area (Å²) in [6, 6.07) is 7.82. The topological polar surface area (TPSA) is 74.2 Å². The average Bonchev–Trinajstić information content (AvgIpc) is 2.99. The van der Waals surface area contributed by atoms with E-state index < -0.39 is 6.10 Å². The number of nitrogens with zero attached hydrogens (tertiary/aromatic N) is 2. The minimum absolute atomic E-state index is 0.143. The van der Waals surface area contributed by atoms with Crippen LogP contribution in [0.2, 0.25) is 0 Å². The number of aliphatic hydroxyl groups is 1. The second-order valence-electron chi connectivity index (χ2n) is 6.64. The van der Waals surface area contributed by atoms with Crippen LogP contribution in [-0.4, -0.2) is 55.2 Å². The first-order valence-corrected chi connectivity index (χ1v) is 8.82. The van der Waals surface area contributed by atoms with Crippen molar-refractivity contribution in [2.24, 2.45) is 16.8 Å². The van der Waals surface area contributed by atoms with Crippen molar-refractivity contribution in [1.82, 2.24) is 10.2 Å². The standard InChI is InChI=1S/C19H29N3O3/c1-5-20-19(22-11-14(3)16(12-22)18(24)25-4)21-10-17(23)15-8-6-7-13(2)9-15/h6-9,14,16-17,23H,5,10-12H2,1-4H3,(H,20,21). The molecule has 0 aliphatic carbocycles. The van der Waals surface area contributed by atoms with E-state index in [1.165, 1.54) is 7.11 Å². The van der Waals surface area contributed by atoms with Gasteiger partial charge in [0.15, 0.2) is 5.96 Å². The molecule has 138 valence electrons. The molecule has 1 aromatic carbocycles. The molecule has 1 fully saturated rings. The van der Waals surface area contributed by atoms with Crippen LogP contribution < -0.4 is 5.32 Å². The van der Waals surface area contributed by atoms with Gasteiger partial charge in [0.05, 0.1) is 25.7 Å². The molecule has 0 radical (unpaired) electrons. The molecule has 6 nitrogen and oxygen atoms in total. The lowest BCUT2D eigenvalue weighted by Gasteiger charge is -2.22. The van der Waals surface area contributed by atoms with Crippen LogP contribution >= 0.6 is 0 Å². The fourth-order valence-electron chi connectivity index (χ4n) is 3.18. The van der Waals surface area contributed by atoms with E-state index in [9.17, 15) is 9.90 Å². The largest absolute Gasteiger partial charge is 0.469 e. The Bertz CT molecular complexity index is 618. The SMILES string of the molecule is CCNC(=NCC(O)c1cccc(C)c1)N1CC(C)C(C(=O)OC)C1. The molecule has 2 rings (SSSR count). The lowest BCUT2D eigenvalue weighted by Crippen LogP contribution is -2.41. The molecule has 2 N–H and O–H groups in total. The van der Waals surface area contributed by atoms with Gasteiger partial charge in [0.1, 0.15) is 0 Å². The minimum atomic E-state index is -0.648. The van der Waals surface area contributed by atoms with Gasteiger partial charge in [-0.15, -0.1) is 0 Å². The molecule has 0 spiro atoms. The maximum absolute atomic E-state index is 11.9. The van der Waals surface area contributed by atoms with Gasteiger partial charge in [-0.2, -0.15) is 0 Å². The number of hydrogen-bond donors (Lipinski definition) is 2. The Morgan fingerprint density at radius 3 is 2.88 bits per heavy atom. The van der Waals surface area contributed by atoms with E-state index in [2.05, 4.69) is 15.2 Å². The van der Waals surface area contributed by atoms with Gasteiger partial charge in [0, 0.05) is 19.6 Å². The maximum Gasteiger partial charge on any atom is 0.310 e. The van der Waals surface area contributed by atoms with E-state index in [1.54, 1.807) is 0 Å². The number of methoxy groups -OCH3 is 1. The second kappa shape index (κ2) is 8.85. The molecule has 25 heavy (non-hydrogen) atoms. The molecule has 1 aromatic rings. The van der Waals surface area contributed by atoms with Crippen LogP contribution in [0, 0.1) is 18.8 Å². The number of carbonyl (C=O) groups excluding carboxylic acids is 1. The number of aryl methyl sites for hydroxylation is 1. The van der Waals surface area contributed by atoms with Crippen molar-refractivity contribution in [3.05, 3.63) is 35.4 Å². The van der Waals surface area contributed by atoms with Gasteiger partial charge in [-0.3, -0.25) is 9.79 Å². The summed E-state index contributed by atoms with van der Waals surface area (Å²) in [5, 5.41) is 13.7. The Balaban J connectivity index is 2.07. The second-order valence-corrected chi connectivity index (χ2v) is 6.64. The highest BCUT2D eigenvalue weighted by molar-refractivity contribution is 5.82. The average molecular weight is 347 g/mol. The minimum Gasteiger partial charge on any atom is -0.469 e. The summed E-state index contributed by atoms with van der Waals surface area (Å²) in [6.07, 6.45) is -0.648. The Kier molecular flexibility index (Phi) is 6.82. The van der Waals surface area contributed by atoms with Gasteiger partial charge in [-0.05, 0) is 25.3 Å². The fourth-order valence-corrected chi connectivity index (χ4v) is 3.18. The normalized spacial score (nSPS) is 22.0. The summed E-state index contributed by atoms with van der Waals surface area (Å²) in [5.41, 5.74) is 1.98. The number of guanidine groups is 1. The number of likely N-dealkylation sites (tertiary alicyclic amines) is 1. The molecule has 0 amide bonds. The van der Waals surface area contributed by atoms with E-state index in [1.807, 2.05) is 45.0 Å². The van der Waals surface area contributed by atoms with Crippen LogP contribution in [0.4, 0.5) is 0 Å². The van der Waals surface area contributed by atoms with Gasteiger partial charge >= 0.3 is 5.97 Å². The third-order valence-electron chi connectivity index (χ3n) is 4.59. The highest BCUT2D eigenvalue weighted by atomic mass is 16.5. The van der Waals surface area contributed by atoms with Crippen LogP contribution in [0.25, 0.3) is 0 Å². The van der Waals surface area contributed by atoms with Crippen LogP contribution in [0.1, 0.15) is 31.1 Å². The van der Waals surface area contributed by atoms with Gasteiger partial charge in [0.2, 0.25) is 0 Å². The zero-order valence-corrected chi connectivity index (χ0v) is 15.5. The molecule has 1 aliphatic heterocycles. The van der Waals surface area contributed by atoms with Crippen molar-refractivity contribution >= 4 is 11.9 Å². The predicted octanol–water partition coefficient (Wildman–Crippen LogP) is 1.73.